The average Bonchev–Trinajstić information content (AvgIpc) is 3.43. The summed E-state index contributed by atoms with van der Waals surface area (Å²) in [5.74, 6) is 1.16. The van der Waals surface area contributed by atoms with E-state index in [0.717, 1.165) is 16.8 Å². The van der Waals surface area contributed by atoms with Gasteiger partial charge in [-0.05, 0) is 42.0 Å². The fourth-order valence-corrected chi connectivity index (χ4v) is 3.24. The topological polar surface area (TPSA) is 76.2 Å². The Balaban J connectivity index is 1.32. The molecule has 0 aliphatic rings. The molecule has 164 valence electrons. The van der Waals surface area contributed by atoms with Crippen LogP contribution in [0.3, 0.4) is 0 Å². The van der Waals surface area contributed by atoms with E-state index in [4.69, 9.17) is 4.42 Å². The van der Waals surface area contributed by atoms with E-state index in [9.17, 15) is 9.18 Å². The van der Waals surface area contributed by atoms with Crippen LogP contribution in [0.15, 0.2) is 71.4 Å². The molecule has 8 heteroatoms. The minimum atomic E-state index is -0.310. The predicted molar refractivity (Wildman–Crippen MR) is 121 cm³/mol. The second-order valence-electron chi connectivity index (χ2n) is 7.61. The molecule has 1 N–H and O–H groups in total. The summed E-state index contributed by atoms with van der Waals surface area (Å²) in [4.78, 5) is 18.7. The number of halogens is 1. The lowest BCUT2D eigenvalue weighted by atomic mass is 10.2. The summed E-state index contributed by atoms with van der Waals surface area (Å²) in [7, 11) is 4.00. The lowest BCUT2D eigenvalue weighted by Crippen LogP contribution is -2.16. The molecule has 2 aromatic carbocycles. The van der Waals surface area contributed by atoms with Gasteiger partial charge in [0, 0.05) is 44.3 Å². The van der Waals surface area contributed by atoms with Crippen LogP contribution in [0.4, 0.5) is 15.9 Å². The first kappa shape index (κ1) is 21.3. The van der Waals surface area contributed by atoms with Crippen LogP contribution in [0, 0.1) is 5.82 Å². The van der Waals surface area contributed by atoms with Gasteiger partial charge in [-0.1, -0.05) is 12.1 Å². The van der Waals surface area contributed by atoms with Crippen molar-refractivity contribution >= 4 is 17.4 Å². The Morgan fingerprint density at radius 2 is 1.84 bits per heavy atom. The van der Waals surface area contributed by atoms with E-state index in [0.29, 0.717) is 30.4 Å². The summed E-state index contributed by atoms with van der Waals surface area (Å²) >= 11 is 0. The van der Waals surface area contributed by atoms with E-state index in [1.807, 2.05) is 43.3 Å². The fourth-order valence-electron chi connectivity index (χ4n) is 3.24. The first-order valence-electron chi connectivity index (χ1n) is 10.3. The van der Waals surface area contributed by atoms with Crippen LogP contribution in [0.25, 0.3) is 11.3 Å². The van der Waals surface area contributed by atoms with Crippen LogP contribution in [0.1, 0.15) is 17.9 Å². The maximum atomic E-state index is 13.1. The molecule has 32 heavy (non-hydrogen) atoms. The van der Waals surface area contributed by atoms with Crippen molar-refractivity contribution < 1.29 is 13.6 Å². The monoisotopic (exact) mass is 433 g/mol. The standard InChI is InChI=1S/C24H24FN5O2/c1-29(2)20-9-3-17(4-10-20)16-30-22(13-14-27-30)28-23(31)11-12-24-26-15-21(32-24)18-5-7-19(25)8-6-18/h3-10,13-15H,11-12,16H2,1-2H3,(H,28,31). The van der Waals surface area contributed by atoms with Crippen LogP contribution in [0.5, 0.6) is 0 Å². The molecule has 0 atom stereocenters. The molecule has 0 bridgehead atoms. The maximum Gasteiger partial charge on any atom is 0.226 e. The number of nitrogens with one attached hydrogen (secondary N) is 1. The van der Waals surface area contributed by atoms with Crippen LogP contribution in [0.2, 0.25) is 0 Å². The van der Waals surface area contributed by atoms with Crippen LogP contribution in [-0.4, -0.2) is 34.8 Å². The molecule has 7 nitrogen and oxygen atoms in total. The molecule has 2 heterocycles. The number of carbonyl (C=O) groups excluding carboxylic acids is 1. The largest absolute Gasteiger partial charge is 0.441 e. The molecule has 0 unspecified atom stereocenters. The number of amides is 1. The van der Waals surface area contributed by atoms with Gasteiger partial charge in [0.15, 0.2) is 11.7 Å². The van der Waals surface area contributed by atoms with E-state index in [2.05, 4.69) is 15.4 Å². The zero-order chi connectivity index (χ0) is 22.5. The van der Waals surface area contributed by atoms with Gasteiger partial charge >= 0.3 is 0 Å². The number of hydrogen-bond acceptors (Lipinski definition) is 5. The van der Waals surface area contributed by atoms with Crippen LogP contribution in [-0.2, 0) is 17.8 Å². The number of aryl methyl sites for hydroxylation is 1. The summed E-state index contributed by atoms with van der Waals surface area (Å²) in [5.41, 5.74) is 2.94. The number of hydrogen-bond donors (Lipinski definition) is 1. The quantitative estimate of drug-likeness (QED) is 0.447. The van der Waals surface area contributed by atoms with Crippen molar-refractivity contribution in [3.05, 3.63) is 84.3 Å². The highest BCUT2D eigenvalue weighted by atomic mass is 19.1. The van der Waals surface area contributed by atoms with Crippen molar-refractivity contribution in [3.8, 4) is 11.3 Å². The molecule has 2 aromatic heterocycles. The molecule has 1 amide bonds. The SMILES string of the molecule is CN(C)c1ccc(Cn2nccc2NC(=O)CCc2ncc(-c3ccc(F)cc3)o2)cc1. The van der Waals surface area contributed by atoms with Gasteiger partial charge in [0.2, 0.25) is 5.91 Å². The third-order valence-electron chi connectivity index (χ3n) is 5.02. The Labute approximate surface area is 185 Å². The van der Waals surface area contributed by atoms with Gasteiger partial charge in [-0.15, -0.1) is 0 Å². The third-order valence-corrected chi connectivity index (χ3v) is 5.02. The number of aromatic nitrogens is 3. The maximum absolute atomic E-state index is 13.1. The Bertz CT molecular complexity index is 1180. The first-order valence-corrected chi connectivity index (χ1v) is 10.3. The number of carbonyl (C=O) groups is 1. The molecule has 0 radical (unpaired) electrons. The Morgan fingerprint density at radius 3 is 2.56 bits per heavy atom. The first-order chi connectivity index (χ1) is 15.5. The molecule has 0 spiro atoms. The van der Waals surface area contributed by atoms with Crippen molar-refractivity contribution in [2.75, 3.05) is 24.3 Å². The van der Waals surface area contributed by atoms with Crippen molar-refractivity contribution in [1.82, 2.24) is 14.8 Å². The zero-order valence-electron chi connectivity index (χ0n) is 18.0. The zero-order valence-corrected chi connectivity index (χ0v) is 18.0. The molecule has 4 rings (SSSR count). The molecule has 0 aliphatic heterocycles. The van der Waals surface area contributed by atoms with Crippen molar-refractivity contribution in [2.45, 2.75) is 19.4 Å². The second-order valence-corrected chi connectivity index (χ2v) is 7.61. The molecular formula is C24H24FN5O2. The van der Waals surface area contributed by atoms with Crippen molar-refractivity contribution in [3.63, 3.8) is 0 Å². The highest BCUT2D eigenvalue weighted by Crippen LogP contribution is 2.21. The smallest absolute Gasteiger partial charge is 0.226 e. The summed E-state index contributed by atoms with van der Waals surface area (Å²) in [6, 6.07) is 15.9. The lowest BCUT2D eigenvalue weighted by molar-refractivity contribution is -0.116. The van der Waals surface area contributed by atoms with Crippen molar-refractivity contribution in [2.24, 2.45) is 0 Å². The van der Waals surface area contributed by atoms with Crippen LogP contribution < -0.4 is 10.2 Å². The predicted octanol–water partition coefficient (Wildman–Crippen LogP) is 4.36. The molecular weight excluding hydrogens is 409 g/mol. The van der Waals surface area contributed by atoms with Crippen molar-refractivity contribution in [1.29, 1.82) is 0 Å². The molecule has 0 fully saturated rings. The third kappa shape index (κ3) is 5.21. The van der Waals surface area contributed by atoms with Gasteiger partial charge in [-0.3, -0.25) is 4.79 Å². The normalized spacial score (nSPS) is 10.8. The number of rotatable bonds is 8. The van der Waals surface area contributed by atoms with Gasteiger partial charge in [0.1, 0.15) is 11.6 Å². The minimum Gasteiger partial charge on any atom is -0.441 e. The summed E-state index contributed by atoms with van der Waals surface area (Å²) in [5, 5.41) is 7.21. The number of nitrogens with zero attached hydrogens (tertiary/aromatic N) is 4. The summed E-state index contributed by atoms with van der Waals surface area (Å²) < 4.78 is 20.5. The highest BCUT2D eigenvalue weighted by molar-refractivity contribution is 5.89. The van der Waals surface area contributed by atoms with E-state index in [1.54, 1.807) is 35.3 Å². The van der Waals surface area contributed by atoms with E-state index in [-0.39, 0.29) is 18.1 Å². The van der Waals surface area contributed by atoms with Gasteiger partial charge < -0.3 is 14.6 Å². The Kier molecular flexibility index (Phi) is 6.30. The van der Waals surface area contributed by atoms with Gasteiger partial charge in [-0.2, -0.15) is 5.10 Å². The van der Waals surface area contributed by atoms with Crippen LogP contribution >= 0.6 is 0 Å². The lowest BCUT2D eigenvalue weighted by Gasteiger charge is -2.13. The van der Waals surface area contributed by atoms with E-state index in [1.165, 1.54) is 12.1 Å². The summed E-state index contributed by atoms with van der Waals surface area (Å²) in [6.07, 6.45) is 3.81. The molecule has 0 saturated carbocycles. The molecule has 0 saturated heterocycles. The summed E-state index contributed by atoms with van der Waals surface area (Å²) in [6.45, 7) is 0.553. The second kappa shape index (κ2) is 9.47. The minimum absolute atomic E-state index is 0.156. The van der Waals surface area contributed by atoms with E-state index < -0.39 is 0 Å². The average molecular weight is 433 g/mol. The fraction of sp³-hybridized carbons (Fsp3) is 0.208. The Hall–Kier alpha value is -3.94. The van der Waals surface area contributed by atoms with Gasteiger partial charge in [0.25, 0.3) is 0 Å². The van der Waals surface area contributed by atoms with E-state index >= 15 is 0 Å². The molecule has 4 aromatic rings. The Morgan fingerprint density at radius 1 is 1.09 bits per heavy atom. The number of oxazole rings is 1. The highest BCUT2D eigenvalue weighted by Gasteiger charge is 2.12. The number of anilines is 2. The molecule has 0 aliphatic carbocycles. The number of benzene rings is 2. The van der Waals surface area contributed by atoms with Gasteiger partial charge in [-0.25, -0.2) is 14.1 Å². The van der Waals surface area contributed by atoms with Gasteiger partial charge in [0.05, 0.1) is 18.9 Å².